The van der Waals surface area contributed by atoms with E-state index in [1.165, 1.54) is 38.5 Å². The van der Waals surface area contributed by atoms with E-state index >= 15 is 0 Å². The first kappa shape index (κ1) is 17.6. The fraction of sp³-hybridized carbons (Fsp3) is 0.944. The lowest BCUT2D eigenvalue weighted by Crippen LogP contribution is -2.38. The molecule has 1 aliphatic carbocycles. The maximum absolute atomic E-state index is 12.2. The molecule has 0 radical (unpaired) electrons. The summed E-state index contributed by atoms with van der Waals surface area (Å²) in [7, 11) is 0. The third kappa shape index (κ3) is 6.15. The quantitative estimate of drug-likeness (QED) is 0.858. The van der Waals surface area contributed by atoms with Crippen molar-refractivity contribution in [2.75, 3.05) is 19.6 Å². The summed E-state index contributed by atoms with van der Waals surface area (Å²) in [5, 5.41) is 3.76. The lowest BCUT2D eigenvalue weighted by atomic mass is 9.89. The highest BCUT2D eigenvalue weighted by Crippen LogP contribution is 2.23. The molecule has 2 rings (SSSR count). The van der Waals surface area contributed by atoms with Gasteiger partial charge >= 0.3 is 6.09 Å². The molecule has 1 N–H and O–H groups in total. The van der Waals surface area contributed by atoms with Crippen molar-refractivity contribution >= 4 is 6.09 Å². The van der Waals surface area contributed by atoms with E-state index in [4.69, 9.17) is 4.74 Å². The summed E-state index contributed by atoms with van der Waals surface area (Å²) in [5.41, 5.74) is -0.401. The third-order valence-electron chi connectivity index (χ3n) is 4.80. The Labute approximate surface area is 136 Å². The van der Waals surface area contributed by atoms with Crippen molar-refractivity contribution < 1.29 is 9.53 Å². The Bertz CT molecular complexity index is 345. The fourth-order valence-corrected chi connectivity index (χ4v) is 3.53. The monoisotopic (exact) mass is 310 g/mol. The number of carbonyl (C=O) groups is 1. The summed E-state index contributed by atoms with van der Waals surface area (Å²) in [6.07, 6.45) is 10.2. The first-order chi connectivity index (χ1) is 10.4. The Hall–Kier alpha value is -0.770. The molecular formula is C18H34N2O2. The molecule has 2 aliphatic rings. The van der Waals surface area contributed by atoms with Crippen LogP contribution >= 0.6 is 0 Å². The molecule has 0 aromatic carbocycles. The van der Waals surface area contributed by atoms with E-state index in [0.717, 1.165) is 38.4 Å². The standard InChI is InChI=1S/C18H34N2O2/c1-18(2,3)22-17(21)20-12-7-10-16(11-13-20)19-14-15-8-5-4-6-9-15/h15-16,19H,4-14H2,1-3H3. The van der Waals surface area contributed by atoms with E-state index in [1.807, 2.05) is 25.7 Å². The van der Waals surface area contributed by atoms with Crippen molar-refractivity contribution in [1.82, 2.24) is 10.2 Å². The Morgan fingerprint density at radius 2 is 1.77 bits per heavy atom. The topological polar surface area (TPSA) is 41.6 Å². The molecule has 1 saturated carbocycles. The van der Waals surface area contributed by atoms with Crippen molar-refractivity contribution in [2.24, 2.45) is 5.92 Å². The maximum atomic E-state index is 12.2. The van der Waals surface area contributed by atoms with Gasteiger partial charge in [-0.3, -0.25) is 0 Å². The van der Waals surface area contributed by atoms with Gasteiger partial charge in [0, 0.05) is 19.1 Å². The molecule has 0 spiro atoms. The second-order valence-electron chi connectivity index (χ2n) is 8.01. The second kappa shape index (κ2) is 8.19. The van der Waals surface area contributed by atoms with Crippen LogP contribution in [0.15, 0.2) is 0 Å². The van der Waals surface area contributed by atoms with Crippen molar-refractivity contribution in [3.8, 4) is 0 Å². The molecular weight excluding hydrogens is 276 g/mol. The fourth-order valence-electron chi connectivity index (χ4n) is 3.53. The van der Waals surface area contributed by atoms with Crippen molar-refractivity contribution in [3.05, 3.63) is 0 Å². The Morgan fingerprint density at radius 3 is 2.45 bits per heavy atom. The summed E-state index contributed by atoms with van der Waals surface area (Å²) in [5.74, 6) is 0.874. The zero-order valence-electron chi connectivity index (χ0n) is 14.7. The number of nitrogens with zero attached hydrogens (tertiary/aromatic N) is 1. The van der Waals surface area contributed by atoms with Gasteiger partial charge in [-0.05, 0) is 65.3 Å². The van der Waals surface area contributed by atoms with Crippen LogP contribution in [0.3, 0.4) is 0 Å². The lowest BCUT2D eigenvalue weighted by molar-refractivity contribution is 0.0256. The number of amides is 1. The molecule has 1 saturated heterocycles. The van der Waals surface area contributed by atoms with Gasteiger partial charge in [-0.15, -0.1) is 0 Å². The first-order valence-corrected chi connectivity index (χ1v) is 9.15. The number of likely N-dealkylation sites (tertiary alicyclic amines) is 1. The van der Waals surface area contributed by atoms with Gasteiger partial charge in [0.25, 0.3) is 0 Å². The molecule has 22 heavy (non-hydrogen) atoms. The largest absolute Gasteiger partial charge is 0.444 e. The molecule has 4 heteroatoms. The molecule has 1 heterocycles. The molecule has 0 aromatic heterocycles. The van der Waals surface area contributed by atoms with Gasteiger partial charge in [-0.2, -0.15) is 0 Å². The summed E-state index contributed by atoms with van der Waals surface area (Å²) in [6.45, 7) is 8.59. The van der Waals surface area contributed by atoms with Gasteiger partial charge in [-0.1, -0.05) is 19.3 Å². The molecule has 1 unspecified atom stereocenters. The predicted octanol–water partition coefficient (Wildman–Crippen LogP) is 3.95. The molecule has 0 bridgehead atoms. The number of hydrogen-bond acceptors (Lipinski definition) is 3. The molecule has 128 valence electrons. The molecule has 2 fully saturated rings. The van der Waals surface area contributed by atoms with Crippen LogP contribution in [0, 0.1) is 5.92 Å². The maximum Gasteiger partial charge on any atom is 0.410 e. The van der Waals surface area contributed by atoms with Crippen molar-refractivity contribution in [1.29, 1.82) is 0 Å². The Kier molecular flexibility index (Phi) is 6.54. The van der Waals surface area contributed by atoms with Crippen LogP contribution in [-0.2, 0) is 4.74 Å². The van der Waals surface area contributed by atoms with E-state index in [0.29, 0.717) is 6.04 Å². The van der Waals surface area contributed by atoms with Gasteiger partial charge < -0.3 is 15.0 Å². The highest BCUT2D eigenvalue weighted by atomic mass is 16.6. The number of rotatable bonds is 3. The predicted molar refractivity (Wildman–Crippen MR) is 90.0 cm³/mol. The van der Waals surface area contributed by atoms with Crippen LogP contribution in [0.25, 0.3) is 0 Å². The van der Waals surface area contributed by atoms with Crippen LogP contribution in [0.4, 0.5) is 4.79 Å². The van der Waals surface area contributed by atoms with Crippen molar-refractivity contribution in [2.45, 2.75) is 83.8 Å². The molecule has 4 nitrogen and oxygen atoms in total. The van der Waals surface area contributed by atoms with E-state index < -0.39 is 5.60 Å². The van der Waals surface area contributed by atoms with Crippen LogP contribution in [0.2, 0.25) is 0 Å². The van der Waals surface area contributed by atoms with E-state index in [-0.39, 0.29) is 6.09 Å². The minimum atomic E-state index is -0.401. The van der Waals surface area contributed by atoms with Gasteiger partial charge in [0.15, 0.2) is 0 Å². The average Bonchev–Trinajstić information content (AvgIpc) is 2.70. The summed E-state index contributed by atoms with van der Waals surface area (Å²) < 4.78 is 5.49. The van der Waals surface area contributed by atoms with Gasteiger partial charge in [0.2, 0.25) is 0 Å². The Morgan fingerprint density at radius 1 is 1.05 bits per heavy atom. The normalized spacial score (nSPS) is 24.9. The Balaban J connectivity index is 1.71. The van der Waals surface area contributed by atoms with E-state index in [2.05, 4.69) is 5.32 Å². The van der Waals surface area contributed by atoms with Crippen molar-refractivity contribution in [3.63, 3.8) is 0 Å². The third-order valence-corrected chi connectivity index (χ3v) is 4.80. The summed E-state index contributed by atoms with van der Waals surface area (Å²) >= 11 is 0. The zero-order valence-corrected chi connectivity index (χ0v) is 14.7. The minimum absolute atomic E-state index is 0.152. The SMILES string of the molecule is CC(C)(C)OC(=O)N1CCCC(NCC2CCCCC2)CC1. The number of nitrogens with one attached hydrogen (secondary N) is 1. The number of hydrogen-bond donors (Lipinski definition) is 1. The zero-order chi connectivity index (χ0) is 16.0. The van der Waals surface area contributed by atoms with Crippen LogP contribution in [0.5, 0.6) is 0 Å². The van der Waals surface area contributed by atoms with E-state index in [9.17, 15) is 4.79 Å². The van der Waals surface area contributed by atoms with E-state index in [1.54, 1.807) is 0 Å². The average molecular weight is 310 g/mol. The first-order valence-electron chi connectivity index (χ1n) is 9.15. The lowest BCUT2D eigenvalue weighted by Gasteiger charge is -2.27. The van der Waals surface area contributed by atoms with Gasteiger partial charge in [-0.25, -0.2) is 4.79 Å². The molecule has 1 aliphatic heterocycles. The smallest absolute Gasteiger partial charge is 0.410 e. The van der Waals surface area contributed by atoms with Gasteiger partial charge in [0.05, 0.1) is 0 Å². The highest BCUT2D eigenvalue weighted by Gasteiger charge is 2.25. The second-order valence-corrected chi connectivity index (χ2v) is 8.01. The van der Waals surface area contributed by atoms with Gasteiger partial charge in [0.1, 0.15) is 5.60 Å². The molecule has 1 amide bonds. The molecule has 0 aromatic rings. The van der Waals surface area contributed by atoms with Crippen LogP contribution in [-0.4, -0.2) is 42.3 Å². The number of carbonyl (C=O) groups excluding carboxylic acids is 1. The summed E-state index contributed by atoms with van der Waals surface area (Å²) in [6, 6.07) is 0.564. The minimum Gasteiger partial charge on any atom is -0.444 e. The highest BCUT2D eigenvalue weighted by molar-refractivity contribution is 5.68. The molecule has 1 atom stereocenters. The summed E-state index contributed by atoms with van der Waals surface area (Å²) in [4.78, 5) is 14.0. The number of ether oxygens (including phenoxy) is 1. The van der Waals surface area contributed by atoms with Crippen LogP contribution in [0.1, 0.15) is 72.1 Å². The van der Waals surface area contributed by atoms with Crippen LogP contribution < -0.4 is 5.32 Å².